The van der Waals surface area contributed by atoms with Crippen LogP contribution in [0, 0.1) is 5.92 Å². The monoisotopic (exact) mass is 610 g/mol. The number of rotatable bonds is 9. The average Bonchev–Trinajstić information content (AvgIpc) is 3.63. The van der Waals surface area contributed by atoms with E-state index >= 15 is 0 Å². The van der Waals surface area contributed by atoms with Crippen molar-refractivity contribution >= 4 is 68.5 Å². The Morgan fingerprint density at radius 1 is 1.12 bits per heavy atom. The molecule has 3 heterocycles. The van der Waals surface area contributed by atoms with Crippen LogP contribution >= 0.6 is 34.5 Å². The van der Waals surface area contributed by atoms with Gasteiger partial charge in [-0.1, -0.05) is 53.5 Å². The molecule has 0 spiro atoms. The molecule has 0 radical (unpaired) electrons. The quantitative estimate of drug-likeness (QED) is 0.243. The maximum Gasteiger partial charge on any atom is 0.326 e. The predicted octanol–water partition coefficient (Wildman–Crippen LogP) is 5.52. The Bertz CT molecular complexity index is 1590. The molecule has 1 atom stereocenters. The van der Waals surface area contributed by atoms with Gasteiger partial charge in [-0.15, -0.1) is 11.3 Å². The molecule has 2 amide bonds. The van der Waals surface area contributed by atoms with E-state index in [1.165, 1.54) is 17.4 Å². The van der Waals surface area contributed by atoms with Crippen LogP contribution in [0.4, 0.5) is 0 Å². The molecule has 1 aliphatic rings. The molecule has 1 fully saturated rings. The summed E-state index contributed by atoms with van der Waals surface area (Å²) in [7, 11) is 0. The molecule has 1 saturated heterocycles. The van der Waals surface area contributed by atoms with Crippen LogP contribution in [0.3, 0.4) is 0 Å². The smallest absolute Gasteiger partial charge is 0.326 e. The minimum atomic E-state index is -1.12. The summed E-state index contributed by atoms with van der Waals surface area (Å²) in [5, 5.41) is 16.2. The zero-order valence-electron chi connectivity index (χ0n) is 22.0. The summed E-state index contributed by atoms with van der Waals surface area (Å²) in [5.41, 5.74) is 2.35. The van der Waals surface area contributed by atoms with Gasteiger partial charge in [-0.05, 0) is 52.9 Å². The molecule has 1 aliphatic heterocycles. The van der Waals surface area contributed by atoms with Crippen molar-refractivity contribution in [3.63, 3.8) is 0 Å². The van der Waals surface area contributed by atoms with E-state index in [9.17, 15) is 19.5 Å². The highest BCUT2D eigenvalue weighted by Crippen LogP contribution is 2.37. The fourth-order valence-corrected chi connectivity index (χ4v) is 6.35. The van der Waals surface area contributed by atoms with Crippen molar-refractivity contribution < 1.29 is 19.5 Å². The van der Waals surface area contributed by atoms with Gasteiger partial charge in [-0.25, -0.2) is 9.78 Å². The molecule has 8 nitrogen and oxygen atoms in total. The first kappa shape index (κ1) is 28.9. The summed E-state index contributed by atoms with van der Waals surface area (Å²) in [4.78, 5) is 43.7. The first-order valence-electron chi connectivity index (χ1n) is 13.2. The Labute approximate surface area is 251 Å². The van der Waals surface area contributed by atoms with Gasteiger partial charge in [0.15, 0.2) is 0 Å². The van der Waals surface area contributed by atoms with E-state index < -0.39 is 12.0 Å². The Morgan fingerprint density at radius 2 is 1.88 bits per heavy atom. The first-order valence-corrected chi connectivity index (χ1v) is 14.8. The number of hydrogen-bond acceptors (Lipinski definition) is 5. The molecule has 0 bridgehead atoms. The van der Waals surface area contributed by atoms with Gasteiger partial charge in [0.25, 0.3) is 0 Å². The first-order chi connectivity index (χ1) is 19.8. The number of likely N-dealkylation sites (tertiary alicyclic amines) is 1. The highest BCUT2D eigenvalue weighted by molar-refractivity contribution is 7.18. The van der Waals surface area contributed by atoms with Crippen molar-refractivity contribution in [3.05, 3.63) is 93.3 Å². The molecule has 212 valence electrons. The van der Waals surface area contributed by atoms with Crippen LogP contribution in [0.5, 0.6) is 0 Å². The number of benzene rings is 2. The van der Waals surface area contributed by atoms with Crippen LogP contribution in [-0.2, 0) is 27.3 Å². The zero-order valence-corrected chi connectivity index (χ0v) is 24.3. The maximum atomic E-state index is 12.9. The Hall–Kier alpha value is -3.66. The zero-order chi connectivity index (χ0) is 28.9. The van der Waals surface area contributed by atoms with Gasteiger partial charge in [0.05, 0.1) is 26.8 Å². The molecule has 0 unspecified atom stereocenters. The van der Waals surface area contributed by atoms with Gasteiger partial charge in [0.1, 0.15) is 6.04 Å². The number of imidazole rings is 1. The number of carboxylic acids is 1. The molecule has 2 N–H and O–H groups in total. The van der Waals surface area contributed by atoms with E-state index in [2.05, 4.69) is 10.3 Å². The average molecular weight is 612 g/mol. The minimum Gasteiger partial charge on any atom is -0.480 e. The molecule has 11 heteroatoms. The summed E-state index contributed by atoms with van der Waals surface area (Å²) < 4.78 is 2.79. The van der Waals surface area contributed by atoms with Crippen LogP contribution in [0.2, 0.25) is 10.0 Å². The van der Waals surface area contributed by atoms with E-state index in [0.717, 1.165) is 15.6 Å². The number of nitrogens with one attached hydrogen (secondary N) is 1. The summed E-state index contributed by atoms with van der Waals surface area (Å²) in [6.07, 6.45) is 7.54. The number of nitrogens with zero attached hydrogens (tertiary/aromatic N) is 3. The molecule has 2 aromatic carbocycles. The van der Waals surface area contributed by atoms with E-state index in [-0.39, 0.29) is 24.2 Å². The predicted molar refractivity (Wildman–Crippen MR) is 161 cm³/mol. The molecule has 0 aliphatic carbocycles. The van der Waals surface area contributed by atoms with Gasteiger partial charge < -0.3 is 19.9 Å². The van der Waals surface area contributed by atoms with Crippen LogP contribution in [0.15, 0.2) is 66.4 Å². The topological polar surface area (TPSA) is 105 Å². The van der Waals surface area contributed by atoms with Gasteiger partial charge in [0, 0.05) is 44.2 Å². The van der Waals surface area contributed by atoms with E-state index in [1.807, 2.05) is 52.4 Å². The van der Waals surface area contributed by atoms with Crippen molar-refractivity contribution in [1.82, 2.24) is 19.8 Å². The Morgan fingerprint density at radius 3 is 2.61 bits per heavy atom. The fraction of sp³-hybridized carbons (Fsp3) is 0.267. The van der Waals surface area contributed by atoms with Crippen LogP contribution in [0.25, 0.3) is 16.2 Å². The van der Waals surface area contributed by atoms with Gasteiger partial charge in [-0.2, -0.15) is 0 Å². The number of carboxylic acid groups (broad SMARTS) is 1. The second-order valence-electron chi connectivity index (χ2n) is 9.99. The largest absolute Gasteiger partial charge is 0.480 e. The number of piperidine rings is 1. The van der Waals surface area contributed by atoms with Crippen molar-refractivity contribution in [2.24, 2.45) is 5.92 Å². The molecule has 2 aromatic heterocycles. The highest BCUT2D eigenvalue weighted by atomic mass is 35.5. The highest BCUT2D eigenvalue weighted by Gasteiger charge is 2.30. The lowest BCUT2D eigenvalue weighted by atomic mass is 9.95. The number of aliphatic carboxylic acids is 1. The van der Waals surface area contributed by atoms with Gasteiger partial charge >= 0.3 is 5.97 Å². The third kappa shape index (κ3) is 6.98. The molecule has 0 saturated carbocycles. The number of carbonyl (C=O) groups excluding carboxylic acids is 2. The van der Waals surface area contributed by atoms with E-state index in [4.69, 9.17) is 23.2 Å². The number of hydrogen-bond donors (Lipinski definition) is 2. The summed E-state index contributed by atoms with van der Waals surface area (Å²) in [6.45, 7) is 1.40. The lowest BCUT2D eigenvalue weighted by molar-refractivity contribution is -0.142. The number of fused-ring (bicyclic) bond motifs is 1. The van der Waals surface area contributed by atoms with Gasteiger partial charge in [0.2, 0.25) is 11.8 Å². The normalized spacial score (nSPS) is 14.9. The Balaban J connectivity index is 1.13. The van der Waals surface area contributed by atoms with Crippen LogP contribution < -0.4 is 5.32 Å². The standard InChI is InChI=1S/C30H28Cl2N4O4S/c31-26-21(14-22-10-13-41-28(22)27(26)32)6-7-25(37)36-11-8-20(9-12-36)29(38)34-24(30(39)40)15-23-17-35(18-33-23)16-19-4-2-1-3-5-19/h1-7,10,13-14,17-18,20,24H,8-9,11-12,15-16H2,(H,34,38)(H,39,40)/b7-6+/t24-/m0/s1. The SMILES string of the molecule is O=C(N[C@@H](Cc1cn(Cc2ccccc2)cn1)C(=O)O)C1CCN(C(=O)/C=C/c2cc3ccsc3c(Cl)c2Cl)CC1. The van der Waals surface area contributed by atoms with Crippen molar-refractivity contribution in [3.8, 4) is 0 Å². The van der Waals surface area contributed by atoms with Crippen LogP contribution in [0.1, 0.15) is 29.7 Å². The number of aromatic nitrogens is 2. The van der Waals surface area contributed by atoms with Crippen molar-refractivity contribution in [2.45, 2.75) is 31.8 Å². The third-order valence-corrected chi connectivity index (χ3v) is 9.10. The fourth-order valence-electron chi connectivity index (χ4n) is 4.91. The molecule has 5 rings (SSSR count). The van der Waals surface area contributed by atoms with Crippen LogP contribution in [-0.4, -0.2) is 56.5 Å². The summed E-state index contributed by atoms with van der Waals surface area (Å²) in [5.74, 6) is -2.01. The van der Waals surface area contributed by atoms with E-state index in [1.54, 1.807) is 23.5 Å². The number of thiophene rings is 1. The molecule has 41 heavy (non-hydrogen) atoms. The minimum absolute atomic E-state index is 0.0781. The lowest BCUT2D eigenvalue weighted by Gasteiger charge is -2.31. The number of halogens is 2. The van der Waals surface area contributed by atoms with E-state index in [0.29, 0.717) is 53.8 Å². The molecular weight excluding hydrogens is 583 g/mol. The number of amides is 2. The Kier molecular flexibility index (Phi) is 9.07. The summed E-state index contributed by atoms with van der Waals surface area (Å²) >= 11 is 14.3. The lowest BCUT2D eigenvalue weighted by Crippen LogP contribution is -2.48. The molecular formula is C30H28Cl2N4O4S. The second-order valence-corrected chi connectivity index (χ2v) is 11.7. The van der Waals surface area contributed by atoms with Crippen molar-refractivity contribution in [1.29, 1.82) is 0 Å². The maximum absolute atomic E-state index is 12.9. The number of carbonyl (C=O) groups is 3. The van der Waals surface area contributed by atoms with Gasteiger partial charge in [-0.3, -0.25) is 9.59 Å². The summed E-state index contributed by atoms with van der Waals surface area (Å²) in [6, 6.07) is 12.6. The molecule has 4 aromatic rings. The second kappa shape index (κ2) is 12.9. The third-order valence-electron chi connectivity index (χ3n) is 7.16. The van der Waals surface area contributed by atoms with Crippen molar-refractivity contribution in [2.75, 3.05) is 13.1 Å².